The zero-order valence-corrected chi connectivity index (χ0v) is 58.1. The average Bonchev–Trinajstić information content (AvgIpc) is 0.760. The van der Waals surface area contributed by atoms with E-state index in [2.05, 4.69) is 16.0 Å². The first kappa shape index (κ1) is 89.6. The Hall–Kier alpha value is -3.31. The maximum Gasteiger partial charge on any atom is 0.217 e. The highest BCUT2D eigenvalue weighted by atomic mass is 16.8. The fourth-order valence-corrected chi connectivity index (χ4v) is 13.9. The van der Waals surface area contributed by atoms with Crippen molar-refractivity contribution in [3.05, 3.63) is 0 Å². The van der Waals surface area contributed by atoms with Crippen LogP contribution in [0, 0.1) is 0 Å². The van der Waals surface area contributed by atoms with Crippen LogP contribution in [0.3, 0.4) is 0 Å². The normalized spacial score (nSPS) is 50.0. The van der Waals surface area contributed by atoms with Crippen molar-refractivity contribution in [3.63, 3.8) is 0 Å². The van der Waals surface area contributed by atoms with Crippen LogP contribution in [0.5, 0.6) is 0 Å². The molecule has 9 rings (SSSR count). The van der Waals surface area contributed by atoms with E-state index < -0.39 is 353 Å². The van der Waals surface area contributed by atoms with Crippen molar-refractivity contribution in [2.45, 2.75) is 297 Å². The van der Waals surface area contributed by atoms with Crippen LogP contribution in [0.25, 0.3) is 0 Å². The van der Waals surface area contributed by atoms with Gasteiger partial charge in [0.25, 0.3) is 0 Å². The van der Waals surface area contributed by atoms with Gasteiger partial charge in [0, 0.05) is 20.8 Å². The van der Waals surface area contributed by atoms with Gasteiger partial charge in [-0.2, -0.15) is 0 Å². The highest BCUT2D eigenvalue weighted by Gasteiger charge is 2.61. The van der Waals surface area contributed by atoms with Gasteiger partial charge in [-0.15, -0.1) is 0 Å². The maximum absolute atomic E-state index is 13.1. The van der Waals surface area contributed by atoms with Crippen molar-refractivity contribution in [1.29, 1.82) is 0 Å². The molecule has 49 heteroatoms. The molecule has 29 N–H and O–H groups in total. The smallest absolute Gasteiger partial charge is 0.217 e. The Morgan fingerprint density at radius 1 is 0.239 bits per heavy atom. The second-order valence-electron chi connectivity index (χ2n) is 27.5. The van der Waals surface area contributed by atoms with Crippen molar-refractivity contribution in [2.75, 3.05) is 59.5 Å². The van der Waals surface area contributed by atoms with E-state index in [4.69, 9.17) is 80.5 Å². The van der Waals surface area contributed by atoms with Gasteiger partial charge in [0.1, 0.15) is 220 Å². The molecule has 109 heavy (non-hydrogen) atoms. The molecule has 0 unspecified atom stereocenters. The van der Waals surface area contributed by atoms with Crippen LogP contribution in [0.1, 0.15) is 20.8 Å². The summed E-state index contributed by atoms with van der Waals surface area (Å²) in [5.41, 5.74) is 0. The minimum Gasteiger partial charge on any atom is -0.394 e. The average molecular weight is 1600 g/mol. The summed E-state index contributed by atoms with van der Waals surface area (Å²) in [4.78, 5) is 38.2. The van der Waals surface area contributed by atoms with Gasteiger partial charge in [0.05, 0.1) is 59.5 Å². The zero-order chi connectivity index (χ0) is 80.2. The molecular formula is C60H101N3O46. The third-order valence-corrected chi connectivity index (χ3v) is 19.9. The summed E-state index contributed by atoms with van der Waals surface area (Å²) in [5.74, 6) is -2.74. The van der Waals surface area contributed by atoms with E-state index >= 15 is 0 Å². The van der Waals surface area contributed by atoms with Gasteiger partial charge in [-0.3, -0.25) is 14.4 Å². The molecule has 0 aliphatic carbocycles. The summed E-state index contributed by atoms with van der Waals surface area (Å²) in [7, 11) is 0. The van der Waals surface area contributed by atoms with Gasteiger partial charge in [0.15, 0.2) is 56.6 Å². The summed E-state index contributed by atoms with van der Waals surface area (Å²) in [5, 5.41) is 295. The fraction of sp³-hybridized carbons (Fsp3) is 0.950. The number of hydrogen-bond donors (Lipinski definition) is 29. The van der Waals surface area contributed by atoms with E-state index in [1.807, 2.05) is 0 Å². The highest BCUT2D eigenvalue weighted by molar-refractivity contribution is 5.74. The quantitative estimate of drug-likeness (QED) is 0.0346. The third kappa shape index (κ3) is 19.7. The molecule has 0 saturated carbocycles. The second-order valence-corrected chi connectivity index (χ2v) is 27.5. The molecule has 45 atom stereocenters. The lowest BCUT2D eigenvalue weighted by Crippen LogP contribution is -2.71. The van der Waals surface area contributed by atoms with Gasteiger partial charge in [-0.1, -0.05) is 0 Å². The molecule has 9 heterocycles. The van der Waals surface area contributed by atoms with Gasteiger partial charge in [-0.25, -0.2) is 0 Å². The number of aliphatic hydroxyl groups excluding tert-OH is 26. The standard InChI is InChI=1S/C60H101N3O46/c1-13(71)61-25-35(81)46(21(9-69)95-52(25)92)104-54-27(63-15(3)73)36(82)47(22(10-70)101-54)105-59-45(91)50(108-60-51(40(86)32(78)20(8-68)100-60)109-58-43(89)39(85)31(77)19(7-67)99-58)48(106-53-26(62-14(2)72)34(80)28(74)16(4-64)96-53)24(103-59)12-94-56-44(90)49(107-57-42(88)38(84)30(76)18(6-66)98-57)33(79)23(102-56)11-93-55-41(87)37(83)29(75)17(5-65)97-55/h16-60,64-70,74-92H,4-12H2,1-3H3,(H,61,71)(H,62,72)(H,63,73)/t16-,17-,18-,19-,20-,21-,22-,23-,24-,25-,26-,27-,28-,29-,30-,31-,32-,33-,34-,35-,36-,37+,38+,39+,40+,41+,42+,43+,44+,45+,46-,47-,48-,49+,50-,51+,52+,53+,54+,55+,56+,57-,58-,59+,60-/m1/s1. The van der Waals surface area contributed by atoms with Crippen LogP contribution in [0.15, 0.2) is 0 Å². The van der Waals surface area contributed by atoms with E-state index in [0.29, 0.717) is 0 Å². The number of carbonyl (C=O) groups excluding carboxylic acids is 3. The first-order valence-corrected chi connectivity index (χ1v) is 34.6. The molecule has 0 aromatic carbocycles. The fourth-order valence-electron chi connectivity index (χ4n) is 13.9. The van der Waals surface area contributed by atoms with Crippen LogP contribution in [0.4, 0.5) is 0 Å². The zero-order valence-electron chi connectivity index (χ0n) is 58.1. The molecule has 0 bridgehead atoms. The Labute approximate surface area is 616 Å². The first-order valence-electron chi connectivity index (χ1n) is 34.6. The minimum absolute atomic E-state index is 0.802. The van der Waals surface area contributed by atoms with Crippen molar-refractivity contribution in [1.82, 2.24) is 16.0 Å². The molecule has 632 valence electrons. The van der Waals surface area contributed by atoms with Gasteiger partial charge < -0.3 is 229 Å². The molecule has 49 nitrogen and oxygen atoms in total. The van der Waals surface area contributed by atoms with Crippen molar-refractivity contribution in [2.24, 2.45) is 0 Å². The molecule has 9 aliphatic rings. The Morgan fingerprint density at radius 2 is 0.532 bits per heavy atom. The highest BCUT2D eigenvalue weighted by Crippen LogP contribution is 2.40. The molecule has 0 aromatic rings. The van der Waals surface area contributed by atoms with Crippen LogP contribution < -0.4 is 16.0 Å². The van der Waals surface area contributed by atoms with Crippen LogP contribution >= 0.6 is 0 Å². The number of rotatable bonds is 28. The SMILES string of the molecule is CC(=O)N[C@@H]1[C@@H](O)[C@H](O[C@@H]2O[C@H](CO)[C@@H](O[C@@H]3O[C@H](CO[C@H]4O[C@H](CO[C@H]5O[C@H](CO)[C@@H](O)[C@H](O)[C@@H]5O)[C@@H](O)[C@H](O[C@H]5O[C@H](CO)[C@@H](O)[C@H](O)[C@@H]5O)[C@@H]4O)[C@@H](O[C@@H]4O[C@H](CO)[C@@H](O)[C@H](O)[C@H]4NC(C)=O)[C@H](O[C@H]4O[C@H](CO)[C@@H](O)[C@H](O)[C@@H]4O[C@H]4O[C@H](CO)[C@@H](O)[C@H](O)[C@@H]4O)[C@@H]3O)[C@H](O)[C@H]2NC(C)=O)[C@@H](CO)O[C@@H]1O. The van der Waals surface area contributed by atoms with Gasteiger partial charge in [-0.05, 0) is 0 Å². The number of carbonyl (C=O) groups is 3. The summed E-state index contributed by atoms with van der Waals surface area (Å²) in [6.07, 6.45) is -90.4. The third-order valence-electron chi connectivity index (χ3n) is 19.9. The predicted octanol–water partition coefficient (Wildman–Crippen LogP) is -20.2. The molecule has 3 amide bonds. The predicted molar refractivity (Wildman–Crippen MR) is 332 cm³/mol. The Morgan fingerprint density at radius 3 is 1.01 bits per heavy atom. The van der Waals surface area contributed by atoms with E-state index in [1.54, 1.807) is 0 Å². The Balaban J connectivity index is 1.15. The molecular weight excluding hydrogens is 1500 g/mol. The number of amides is 3. The summed E-state index contributed by atoms with van der Waals surface area (Å²) in [6.45, 7) is -7.20. The summed E-state index contributed by atoms with van der Waals surface area (Å²) in [6, 6.07) is -5.63. The topological polar surface area (TPSA) is 770 Å². The molecule has 0 radical (unpaired) electrons. The molecule has 0 spiro atoms. The Kier molecular flexibility index (Phi) is 32.1. The summed E-state index contributed by atoms with van der Waals surface area (Å²) < 4.78 is 101. The molecule has 9 saturated heterocycles. The van der Waals surface area contributed by atoms with E-state index in [1.165, 1.54) is 0 Å². The lowest BCUT2D eigenvalue weighted by molar-refractivity contribution is -0.409. The second kappa shape index (κ2) is 39.1. The van der Waals surface area contributed by atoms with E-state index in [9.17, 15) is 147 Å². The maximum atomic E-state index is 13.1. The van der Waals surface area contributed by atoms with Crippen LogP contribution in [-0.4, -0.2) is 486 Å². The Bertz CT molecular complexity index is 2840. The monoisotopic (exact) mass is 1600 g/mol. The van der Waals surface area contributed by atoms with E-state index in [0.717, 1.165) is 20.8 Å². The van der Waals surface area contributed by atoms with Crippen molar-refractivity contribution < 1.29 is 228 Å². The summed E-state index contributed by atoms with van der Waals surface area (Å²) >= 11 is 0. The van der Waals surface area contributed by atoms with Gasteiger partial charge >= 0.3 is 0 Å². The molecule has 9 fully saturated rings. The number of aliphatic hydroxyl groups is 26. The minimum atomic E-state index is -2.69. The van der Waals surface area contributed by atoms with Crippen molar-refractivity contribution >= 4 is 17.7 Å². The molecule has 9 aliphatic heterocycles. The van der Waals surface area contributed by atoms with Crippen molar-refractivity contribution in [3.8, 4) is 0 Å². The van der Waals surface area contributed by atoms with Gasteiger partial charge in [0.2, 0.25) is 17.7 Å². The molecule has 0 aromatic heterocycles. The van der Waals surface area contributed by atoms with E-state index in [-0.39, 0.29) is 0 Å². The van der Waals surface area contributed by atoms with Crippen LogP contribution in [-0.2, 0) is 94.9 Å². The number of nitrogens with one attached hydrogen (secondary N) is 3. The van der Waals surface area contributed by atoms with Crippen LogP contribution in [0.2, 0.25) is 0 Å². The number of ether oxygens (including phenoxy) is 17. The number of hydrogen-bond acceptors (Lipinski definition) is 46. The lowest BCUT2D eigenvalue weighted by atomic mass is 9.93. The lowest BCUT2D eigenvalue weighted by Gasteiger charge is -2.52. The largest absolute Gasteiger partial charge is 0.394 e. The first-order chi connectivity index (χ1) is 51.6.